The number of amides is 2. The van der Waals surface area contributed by atoms with E-state index in [0.29, 0.717) is 17.7 Å². The van der Waals surface area contributed by atoms with Gasteiger partial charge in [0.05, 0.1) is 22.3 Å². The molecule has 36 heavy (non-hydrogen) atoms. The largest absolute Gasteiger partial charge is 0.452 e. The number of nitrogens with zero attached hydrogens (tertiary/aromatic N) is 3. The van der Waals surface area contributed by atoms with Crippen molar-refractivity contribution in [3.63, 3.8) is 0 Å². The van der Waals surface area contributed by atoms with Crippen LogP contribution in [-0.2, 0) is 16.0 Å². The lowest BCUT2D eigenvalue weighted by molar-refractivity contribution is -0.114. The number of aromatic amines is 1. The Morgan fingerprint density at radius 2 is 1.89 bits per heavy atom. The number of benzene rings is 1. The number of ether oxygens (including phenoxy) is 2. The maximum Gasteiger partial charge on any atom is 0.414 e. The number of imide groups is 1. The molecule has 3 N–H and O–H groups in total. The number of aromatic nitrogens is 2. The van der Waals surface area contributed by atoms with Gasteiger partial charge in [0, 0.05) is 36.6 Å². The number of nitriles is 1. The van der Waals surface area contributed by atoms with Crippen LogP contribution in [-0.4, -0.2) is 34.3 Å². The van der Waals surface area contributed by atoms with Crippen LogP contribution in [0.4, 0.5) is 10.5 Å². The van der Waals surface area contributed by atoms with Crippen LogP contribution in [0.15, 0.2) is 58.8 Å². The number of hydrogen-bond acceptors (Lipinski definition) is 9. The number of H-pyrrole nitrogens is 1. The summed E-state index contributed by atoms with van der Waals surface area (Å²) in [5.74, 6) is -0.617. The van der Waals surface area contributed by atoms with Crippen LogP contribution in [0.3, 0.4) is 0 Å². The average Bonchev–Trinajstić information content (AvgIpc) is 2.83. The summed E-state index contributed by atoms with van der Waals surface area (Å²) in [4.78, 5) is 41.7. The van der Waals surface area contributed by atoms with Crippen molar-refractivity contribution in [2.24, 2.45) is 5.10 Å². The van der Waals surface area contributed by atoms with E-state index < -0.39 is 17.7 Å². The molecule has 0 unspecified atom stereocenters. The van der Waals surface area contributed by atoms with Gasteiger partial charge in [0.15, 0.2) is 5.75 Å². The van der Waals surface area contributed by atoms with E-state index in [2.05, 4.69) is 25.2 Å². The fourth-order valence-electron chi connectivity index (χ4n) is 2.85. The number of nitrogens with one attached hydrogen (secondary N) is 3. The highest BCUT2D eigenvalue weighted by Gasteiger charge is 2.17. The molecule has 2 aromatic heterocycles. The highest BCUT2D eigenvalue weighted by molar-refractivity contribution is 6.47. The maximum atomic E-state index is 12.0. The molecule has 3 rings (SSSR count). The first-order valence-electron chi connectivity index (χ1n) is 10.3. The second-order valence-electron chi connectivity index (χ2n) is 6.95. The number of alkyl carbamates (subject to hydrolysis) is 1. The molecule has 11 nitrogen and oxygen atoms in total. The van der Waals surface area contributed by atoms with Gasteiger partial charge in [0.25, 0.3) is 5.91 Å². The summed E-state index contributed by atoms with van der Waals surface area (Å²) in [5, 5.41) is 14.8. The maximum absolute atomic E-state index is 12.0. The Labute approximate surface area is 214 Å². The highest BCUT2D eigenvalue weighted by Crippen LogP contribution is 2.39. The van der Waals surface area contributed by atoms with E-state index in [9.17, 15) is 14.4 Å². The van der Waals surface area contributed by atoms with Gasteiger partial charge >= 0.3 is 6.09 Å². The molecule has 2 amide bonds. The van der Waals surface area contributed by atoms with E-state index in [1.807, 2.05) is 17.4 Å². The highest BCUT2D eigenvalue weighted by atomic mass is 35.5. The zero-order valence-corrected chi connectivity index (χ0v) is 20.2. The molecule has 0 aliphatic rings. The van der Waals surface area contributed by atoms with Crippen molar-refractivity contribution >= 4 is 46.6 Å². The Morgan fingerprint density at radius 1 is 1.19 bits per heavy atom. The molecular formula is C23H18Cl2N6O5. The number of halogens is 2. The molecule has 0 fully saturated rings. The summed E-state index contributed by atoms with van der Waals surface area (Å²) >= 11 is 12.7. The number of hydrogen-bond donors (Lipinski definition) is 3. The third kappa shape index (κ3) is 7.05. The Balaban J connectivity index is 1.80. The molecule has 0 saturated heterocycles. The molecule has 0 aliphatic carbocycles. The second-order valence-corrected chi connectivity index (χ2v) is 7.76. The van der Waals surface area contributed by atoms with Gasteiger partial charge in [-0.05, 0) is 36.8 Å². The fraction of sp³-hybridized carbons (Fsp3) is 0.130. The second kappa shape index (κ2) is 12.3. The van der Waals surface area contributed by atoms with Crippen molar-refractivity contribution in [1.29, 1.82) is 5.26 Å². The van der Waals surface area contributed by atoms with Gasteiger partial charge in [-0.3, -0.25) is 25.3 Å². The topological polar surface area (TPSA) is 159 Å². The summed E-state index contributed by atoms with van der Waals surface area (Å²) in [7, 11) is 0. The summed E-state index contributed by atoms with van der Waals surface area (Å²) in [6.07, 6.45) is 4.08. The standard InChI is InChI=1S/C23H18Cl2N6O5/c1-2-35-23(34)29-22(33)18(11-26)31-30-15-9-16(24)21(17(25)10-15)36-19-12-28-20(32)8-14(19)7-13-3-5-27-6-4-13/h3-6,8-10,12,30H,2,7H2,1H3,(H,28,32)(H,29,33,34). The van der Waals surface area contributed by atoms with Crippen LogP contribution in [0, 0.1) is 11.3 Å². The third-order valence-corrected chi connectivity index (χ3v) is 4.99. The van der Waals surface area contributed by atoms with Crippen LogP contribution in [0.1, 0.15) is 18.1 Å². The van der Waals surface area contributed by atoms with Gasteiger partial charge in [-0.25, -0.2) is 4.79 Å². The van der Waals surface area contributed by atoms with E-state index in [1.165, 1.54) is 24.4 Å². The molecule has 0 atom stereocenters. The van der Waals surface area contributed by atoms with Gasteiger partial charge < -0.3 is 14.5 Å². The molecule has 0 radical (unpaired) electrons. The predicted octanol–water partition coefficient (Wildman–Crippen LogP) is 4.02. The van der Waals surface area contributed by atoms with Gasteiger partial charge in [0.2, 0.25) is 11.3 Å². The molecule has 0 saturated carbocycles. The first kappa shape index (κ1) is 26.2. The number of carbonyl (C=O) groups is 2. The lowest BCUT2D eigenvalue weighted by atomic mass is 10.1. The monoisotopic (exact) mass is 528 g/mol. The van der Waals surface area contributed by atoms with Crippen molar-refractivity contribution in [3.05, 3.63) is 80.4 Å². The fourth-order valence-corrected chi connectivity index (χ4v) is 3.42. The Kier molecular flexibility index (Phi) is 8.99. The van der Waals surface area contributed by atoms with Crippen molar-refractivity contribution in [1.82, 2.24) is 15.3 Å². The zero-order valence-electron chi connectivity index (χ0n) is 18.7. The molecule has 3 aromatic rings. The van der Waals surface area contributed by atoms with Gasteiger partial charge in [0.1, 0.15) is 11.8 Å². The molecule has 1 aromatic carbocycles. The number of hydrazone groups is 1. The van der Waals surface area contributed by atoms with Crippen molar-refractivity contribution in [2.75, 3.05) is 12.0 Å². The minimum Gasteiger partial charge on any atom is -0.452 e. The molecular weight excluding hydrogens is 511 g/mol. The third-order valence-electron chi connectivity index (χ3n) is 4.43. The lowest BCUT2D eigenvalue weighted by Gasteiger charge is -2.14. The van der Waals surface area contributed by atoms with Crippen LogP contribution >= 0.6 is 23.2 Å². The molecule has 2 heterocycles. The smallest absolute Gasteiger partial charge is 0.414 e. The lowest BCUT2D eigenvalue weighted by Crippen LogP contribution is -2.36. The minimum atomic E-state index is -1.06. The number of carbonyl (C=O) groups excluding carboxylic acids is 2. The van der Waals surface area contributed by atoms with E-state index in [4.69, 9.17) is 33.2 Å². The van der Waals surface area contributed by atoms with Crippen LogP contribution < -0.4 is 21.0 Å². The van der Waals surface area contributed by atoms with E-state index in [0.717, 1.165) is 5.56 Å². The SMILES string of the molecule is CCOC(=O)NC(=O)C(C#N)=NNc1cc(Cl)c(Oc2c[nH]c(=O)cc2Cc2ccncc2)c(Cl)c1. The molecule has 0 spiro atoms. The van der Waals surface area contributed by atoms with E-state index in [-0.39, 0.29) is 33.6 Å². The zero-order chi connectivity index (χ0) is 26.1. The Morgan fingerprint density at radius 3 is 2.53 bits per heavy atom. The average molecular weight is 529 g/mol. The summed E-state index contributed by atoms with van der Waals surface area (Å²) < 4.78 is 10.5. The number of pyridine rings is 2. The first-order valence-corrected chi connectivity index (χ1v) is 11.1. The number of rotatable bonds is 8. The summed E-state index contributed by atoms with van der Waals surface area (Å²) in [6, 6.07) is 9.41. The quantitative estimate of drug-likeness (QED) is 0.292. The minimum absolute atomic E-state index is 0.0477. The summed E-state index contributed by atoms with van der Waals surface area (Å²) in [5.41, 5.74) is 3.28. The van der Waals surface area contributed by atoms with Crippen LogP contribution in [0.2, 0.25) is 10.0 Å². The van der Waals surface area contributed by atoms with Crippen LogP contribution in [0.5, 0.6) is 11.5 Å². The molecule has 0 aliphatic heterocycles. The molecule has 184 valence electrons. The normalized spacial score (nSPS) is 10.8. The Hall–Kier alpha value is -4.40. The van der Waals surface area contributed by atoms with Gasteiger partial charge in [-0.1, -0.05) is 23.2 Å². The van der Waals surface area contributed by atoms with E-state index >= 15 is 0 Å². The molecule has 0 bridgehead atoms. The van der Waals surface area contributed by atoms with Crippen molar-refractivity contribution in [2.45, 2.75) is 13.3 Å². The summed E-state index contributed by atoms with van der Waals surface area (Å²) in [6.45, 7) is 1.61. The van der Waals surface area contributed by atoms with Crippen molar-refractivity contribution in [3.8, 4) is 17.6 Å². The molecule has 13 heteroatoms. The Bertz CT molecular complexity index is 1380. The van der Waals surface area contributed by atoms with Crippen molar-refractivity contribution < 1.29 is 19.1 Å². The van der Waals surface area contributed by atoms with E-state index in [1.54, 1.807) is 25.4 Å². The van der Waals surface area contributed by atoms with Crippen LogP contribution in [0.25, 0.3) is 0 Å². The van der Waals surface area contributed by atoms with Gasteiger partial charge in [-0.15, -0.1) is 0 Å². The number of anilines is 1. The van der Waals surface area contributed by atoms with Gasteiger partial charge in [-0.2, -0.15) is 10.4 Å². The first-order chi connectivity index (χ1) is 17.3. The predicted molar refractivity (Wildman–Crippen MR) is 132 cm³/mol.